The number of nitrogens with one attached hydrogen (secondary N) is 2. The molecule has 0 aromatic carbocycles. The molecule has 3 aromatic rings. The van der Waals surface area contributed by atoms with Crippen LogP contribution in [0.3, 0.4) is 0 Å². The minimum absolute atomic E-state index is 0.0531. The van der Waals surface area contributed by atoms with Gasteiger partial charge >= 0.3 is 0 Å². The van der Waals surface area contributed by atoms with Crippen LogP contribution in [0.15, 0.2) is 42.0 Å². The highest BCUT2D eigenvalue weighted by molar-refractivity contribution is 7.13. The number of anilines is 3. The second-order valence-electron chi connectivity index (χ2n) is 6.47. The van der Waals surface area contributed by atoms with E-state index >= 15 is 0 Å². The number of aryl methyl sites for hydroxylation is 1. The Morgan fingerprint density at radius 1 is 1.33 bits per heavy atom. The van der Waals surface area contributed by atoms with Crippen LogP contribution in [0.4, 0.5) is 16.8 Å². The van der Waals surface area contributed by atoms with E-state index in [0.29, 0.717) is 12.4 Å². The van der Waals surface area contributed by atoms with E-state index in [4.69, 9.17) is 4.98 Å². The molecule has 1 aliphatic heterocycles. The molecule has 9 heteroatoms. The van der Waals surface area contributed by atoms with Crippen molar-refractivity contribution in [3.63, 3.8) is 0 Å². The van der Waals surface area contributed by atoms with Crippen molar-refractivity contribution in [1.29, 1.82) is 0 Å². The number of carbonyl (C=O) groups excluding carboxylic acids is 1. The Balaban J connectivity index is 1.38. The molecule has 0 radical (unpaired) electrons. The standard InChI is InChI=1S/C18H21N7OS/c1-24-10-7-16(23-24)21-17(26)11-25-9-4-5-14(25)13-12-27-18(20-13)22-15-6-2-3-8-19-15/h2-3,6-8,10,12,14H,4-5,9,11H2,1H3,(H,19,20,22)(H,21,23,26). The van der Waals surface area contributed by atoms with Crippen LogP contribution in [0.25, 0.3) is 0 Å². The quantitative estimate of drug-likeness (QED) is 0.681. The normalized spacial score (nSPS) is 17.1. The molecule has 140 valence electrons. The Morgan fingerprint density at radius 3 is 3.04 bits per heavy atom. The van der Waals surface area contributed by atoms with Crippen molar-refractivity contribution in [1.82, 2.24) is 24.6 Å². The van der Waals surface area contributed by atoms with E-state index in [0.717, 1.165) is 36.0 Å². The van der Waals surface area contributed by atoms with E-state index in [9.17, 15) is 4.79 Å². The van der Waals surface area contributed by atoms with Crippen molar-refractivity contribution in [2.24, 2.45) is 7.05 Å². The van der Waals surface area contributed by atoms with Gasteiger partial charge in [-0.05, 0) is 31.5 Å². The Kier molecular flexibility index (Phi) is 5.12. The number of pyridine rings is 1. The van der Waals surface area contributed by atoms with Crippen molar-refractivity contribution in [2.75, 3.05) is 23.7 Å². The minimum Gasteiger partial charge on any atom is -0.316 e. The molecule has 1 fully saturated rings. The van der Waals surface area contributed by atoms with Crippen molar-refractivity contribution in [3.8, 4) is 0 Å². The predicted molar refractivity (Wildman–Crippen MR) is 105 cm³/mol. The topological polar surface area (TPSA) is 88.0 Å². The zero-order valence-electron chi connectivity index (χ0n) is 15.0. The van der Waals surface area contributed by atoms with Crippen LogP contribution in [0, 0.1) is 0 Å². The number of hydrogen-bond acceptors (Lipinski definition) is 7. The van der Waals surface area contributed by atoms with Crippen molar-refractivity contribution >= 4 is 34.0 Å². The van der Waals surface area contributed by atoms with Gasteiger partial charge in [0.25, 0.3) is 0 Å². The van der Waals surface area contributed by atoms with Gasteiger partial charge in [-0.25, -0.2) is 9.97 Å². The third-order valence-corrected chi connectivity index (χ3v) is 5.23. The van der Waals surface area contributed by atoms with Gasteiger partial charge in [0.05, 0.1) is 18.3 Å². The van der Waals surface area contributed by atoms with Gasteiger partial charge in [0.15, 0.2) is 10.9 Å². The molecule has 0 bridgehead atoms. The Hall–Kier alpha value is -2.78. The van der Waals surface area contributed by atoms with Crippen LogP contribution in [0.5, 0.6) is 0 Å². The lowest BCUT2D eigenvalue weighted by Gasteiger charge is -2.22. The molecule has 1 amide bonds. The fourth-order valence-electron chi connectivity index (χ4n) is 3.24. The molecular formula is C18H21N7OS. The molecule has 0 spiro atoms. The smallest absolute Gasteiger partial charge is 0.239 e. The molecule has 3 aromatic heterocycles. The molecule has 4 heterocycles. The van der Waals surface area contributed by atoms with Crippen LogP contribution >= 0.6 is 11.3 Å². The summed E-state index contributed by atoms with van der Waals surface area (Å²) in [6.45, 7) is 1.22. The van der Waals surface area contributed by atoms with Crippen LogP contribution < -0.4 is 10.6 Å². The summed E-state index contributed by atoms with van der Waals surface area (Å²) >= 11 is 1.56. The third kappa shape index (κ3) is 4.32. The van der Waals surface area contributed by atoms with Gasteiger partial charge in [0.2, 0.25) is 5.91 Å². The Labute approximate surface area is 161 Å². The molecule has 4 rings (SSSR count). The summed E-state index contributed by atoms with van der Waals surface area (Å²) < 4.78 is 1.67. The number of hydrogen-bond donors (Lipinski definition) is 2. The maximum atomic E-state index is 12.4. The molecule has 0 saturated carbocycles. The molecule has 8 nitrogen and oxygen atoms in total. The summed E-state index contributed by atoms with van der Waals surface area (Å²) in [6, 6.07) is 7.67. The lowest BCUT2D eigenvalue weighted by molar-refractivity contribution is -0.117. The molecule has 1 atom stereocenters. The summed E-state index contributed by atoms with van der Waals surface area (Å²) in [4.78, 5) is 23.5. The number of thiazole rings is 1. The molecule has 27 heavy (non-hydrogen) atoms. The van der Waals surface area contributed by atoms with Crippen molar-refractivity contribution < 1.29 is 4.79 Å². The Bertz CT molecular complexity index is 907. The first-order valence-electron chi connectivity index (χ1n) is 8.84. The van der Waals surface area contributed by atoms with Gasteiger partial charge in [-0.2, -0.15) is 5.10 Å². The summed E-state index contributed by atoms with van der Waals surface area (Å²) in [7, 11) is 1.82. The molecule has 1 unspecified atom stereocenters. The maximum absolute atomic E-state index is 12.4. The van der Waals surface area contributed by atoms with Crippen LogP contribution in [-0.2, 0) is 11.8 Å². The fourth-order valence-corrected chi connectivity index (χ4v) is 4.01. The molecule has 2 N–H and O–H groups in total. The van der Waals surface area contributed by atoms with E-state index in [-0.39, 0.29) is 11.9 Å². The first kappa shape index (κ1) is 17.6. The summed E-state index contributed by atoms with van der Waals surface area (Å²) in [5, 5.41) is 13.1. The number of amides is 1. The van der Waals surface area contributed by atoms with E-state index < -0.39 is 0 Å². The number of aromatic nitrogens is 4. The molecule has 0 aliphatic carbocycles. The summed E-state index contributed by atoms with van der Waals surface area (Å²) in [5.41, 5.74) is 1.00. The van der Waals surface area contributed by atoms with Crippen LogP contribution in [0.1, 0.15) is 24.6 Å². The first-order chi connectivity index (χ1) is 13.2. The average Bonchev–Trinajstić information content (AvgIpc) is 3.38. The number of nitrogens with zero attached hydrogens (tertiary/aromatic N) is 5. The van der Waals surface area contributed by atoms with Gasteiger partial charge in [-0.1, -0.05) is 6.07 Å². The van der Waals surface area contributed by atoms with E-state index in [1.807, 2.05) is 25.2 Å². The average molecular weight is 383 g/mol. The highest BCUT2D eigenvalue weighted by Crippen LogP contribution is 2.33. The van der Waals surface area contributed by atoms with E-state index in [2.05, 4.69) is 31.0 Å². The monoisotopic (exact) mass is 383 g/mol. The maximum Gasteiger partial charge on any atom is 0.239 e. The summed E-state index contributed by atoms with van der Waals surface area (Å²) in [6.07, 6.45) is 5.61. The van der Waals surface area contributed by atoms with Crippen molar-refractivity contribution in [3.05, 3.63) is 47.7 Å². The molecular weight excluding hydrogens is 362 g/mol. The largest absolute Gasteiger partial charge is 0.316 e. The third-order valence-electron chi connectivity index (χ3n) is 4.45. The number of rotatable bonds is 6. The Morgan fingerprint density at radius 2 is 2.26 bits per heavy atom. The van der Waals surface area contributed by atoms with E-state index in [1.165, 1.54) is 0 Å². The van der Waals surface area contributed by atoms with Gasteiger partial charge in [-0.15, -0.1) is 11.3 Å². The fraction of sp³-hybridized carbons (Fsp3) is 0.333. The van der Waals surface area contributed by atoms with Crippen LogP contribution in [0.2, 0.25) is 0 Å². The second kappa shape index (κ2) is 7.85. The molecule has 1 aliphatic rings. The zero-order chi connectivity index (χ0) is 18.6. The zero-order valence-corrected chi connectivity index (χ0v) is 15.8. The van der Waals surface area contributed by atoms with Crippen molar-refractivity contribution in [2.45, 2.75) is 18.9 Å². The SMILES string of the molecule is Cn1ccc(NC(=O)CN2CCCC2c2csc(Nc3ccccn3)n2)n1. The van der Waals surface area contributed by atoms with E-state index in [1.54, 1.807) is 34.5 Å². The lowest BCUT2D eigenvalue weighted by atomic mass is 10.2. The van der Waals surface area contributed by atoms with Gasteiger partial charge in [0.1, 0.15) is 5.82 Å². The van der Waals surface area contributed by atoms with Crippen LogP contribution in [-0.4, -0.2) is 43.6 Å². The minimum atomic E-state index is -0.0531. The van der Waals surface area contributed by atoms with Gasteiger partial charge in [-0.3, -0.25) is 14.4 Å². The first-order valence-corrected chi connectivity index (χ1v) is 9.72. The van der Waals surface area contributed by atoms with Gasteiger partial charge in [0, 0.05) is 30.9 Å². The molecule has 1 saturated heterocycles. The predicted octanol–water partition coefficient (Wildman–Crippen LogP) is 2.79. The number of likely N-dealkylation sites (tertiary alicyclic amines) is 1. The number of carbonyl (C=O) groups is 1. The summed E-state index contributed by atoms with van der Waals surface area (Å²) in [5.74, 6) is 1.30. The lowest BCUT2D eigenvalue weighted by Crippen LogP contribution is -2.33. The van der Waals surface area contributed by atoms with Gasteiger partial charge < -0.3 is 10.6 Å². The highest BCUT2D eigenvalue weighted by atomic mass is 32.1. The highest BCUT2D eigenvalue weighted by Gasteiger charge is 2.29. The second-order valence-corrected chi connectivity index (χ2v) is 7.33.